The Hall–Kier alpha value is -2.50. The van der Waals surface area contributed by atoms with Gasteiger partial charge in [-0.15, -0.1) is 0 Å². The Kier molecular flexibility index (Phi) is 6.23. The van der Waals surface area contributed by atoms with E-state index in [1.807, 2.05) is 6.07 Å². The van der Waals surface area contributed by atoms with Crippen molar-refractivity contribution in [3.05, 3.63) is 29.8 Å². The minimum atomic E-state index is -0.491. The van der Waals surface area contributed by atoms with Crippen LogP contribution in [-0.2, 0) is 9.59 Å². The lowest BCUT2D eigenvalue weighted by atomic mass is 10.1. The molecule has 2 amide bonds. The normalized spacial score (nSPS) is 14.8. The van der Waals surface area contributed by atoms with Crippen molar-refractivity contribution in [1.82, 2.24) is 4.90 Å². The first-order valence-corrected chi connectivity index (χ1v) is 8.04. The largest absolute Gasteiger partial charge is 0.493 e. The standard InChI is InChI=1S/C18H24N2O4/c1-23-15-9-7-13(11-16(15)24-2)8-10-18(22)20(12-17(19)21)14-5-3-4-6-14/h7-11,14H,3-6,12H2,1-2H3,(H2,19,21). The number of rotatable bonds is 7. The highest BCUT2D eigenvalue weighted by Gasteiger charge is 2.26. The monoisotopic (exact) mass is 332 g/mol. The van der Waals surface area contributed by atoms with E-state index in [1.54, 1.807) is 37.3 Å². The highest BCUT2D eigenvalue weighted by molar-refractivity contribution is 5.94. The summed E-state index contributed by atoms with van der Waals surface area (Å²) in [6.45, 7) is -0.0419. The van der Waals surface area contributed by atoms with Gasteiger partial charge in [0.25, 0.3) is 0 Å². The molecule has 130 valence electrons. The van der Waals surface area contributed by atoms with E-state index >= 15 is 0 Å². The molecule has 1 aromatic rings. The van der Waals surface area contributed by atoms with Gasteiger partial charge in [-0.1, -0.05) is 18.9 Å². The van der Waals surface area contributed by atoms with Crippen molar-refractivity contribution < 1.29 is 19.1 Å². The second-order valence-electron chi connectivity index (χ2n) is 5.82. The Labute approximate surface area is 142 Å². The number of hydrogen-bond acceptors (Lipinski definition) is 4. The molecule has 0 heterocycles. The maximum Gasteiger partial charge on any atom is 0.247 e. The number of carbonyl (C=O) groups is 2. The molecule has 1 saturated carbocycles. The second kappa shape index (κ2) is 8.38. The minimum absolute atomic E-state index is 0.0419. The lowest BCUT2D eigenvalue weighted by molar-refractivity contribution is -0.133. The van der Waals surface area contributed by atoms with Crippen molar-refractivity contribution in [2.45, 2.75) is 31.7 Å². The number of amides is 2. The highest BCUT2D eigenvalue weighted by Crippen LogP contribution is 2.28. The average Bonchev–Trinajstić information content (AvgIpc) is 3.11. The third-order valence-electron chi connectivity index (χ3n) is 4.20. The average molecular weight is 332 g/mol. The Morgan fingerprint density at radius 2 is 1.88 bits per heavy atom. The fourth-order valence-corrected chi connectivity index (χ4v) is 2.99. The zero-order chi connectivity index (χ0) is 17.5. The molecule has 0 bridgehead atoms. The van der Waals surface area contributed by atoms with E-state index in [1.165, 1.54) is 6.08 Å². The lowest BCUT2D eigenvalue weighted by Gasteiger charge is -2.26. The van der Waals surface area contributed by atoms with Crippen LogP contribution in [0.4, 0.5) is 0 Å². The topological polar surface area (TPSA) is 81.9 Å². The van der Waals surface area contributed by atoms with Gasteiger partial charge in [0.1, 0.15) is 0 Å². The minimum Gasteiger partial charge on any atom is -0.493 e. The van der Waals surface area contributed by atoms with Crippen LogP contribution < -0.4 is 15.2 Å². The Morgan fingerprint density at radius 3 is 2.46 bits per heavy atom. The molecule has 2 rings (SSSR count). The molecule has 1 fully saturated rings. The summed E-state index contributed by atoms with van der Waals surface area (Å²) in [5.41, 5.74) is 6.10. The number of carbonyl (C=O) groups excluding carboxylic acids is 2. The number of methoxy groups -OCH3 is 2. The van der Waals surface area contributed by atoms with Crippen LogP contribution in [0.25, 0.3) is 6.08 Å². The van der Waals surface area contributed by atoms with Gasteiger partial charge in [-0.3, -0.25) is 9.59 Å². The van der Waals surface area contributed by atoms with Gasteiger partial charge in [0.2, 0.25) is 11.8 Å². The molecular weight excluding hydrogens is 308 g/mol. The molecule has 1 aromatic carbocycles. The maximum atomic E-state index is 12.5. The predicted octanol–water partition coefficient (Wildman–Crippen LogP) is 1.97. The van der Waals surface area contributed by atoms with Gasteiger partial charge in [0.15, 0.2) is 11.5 Å². The van der Waals surface area contributed by atoms with Gasteiger partial charge in [-0.05, 0) is 36.6 Å². The molecular formula is C18H24N2O4. The van der Waals surface area contributed by atoms with Crippen molar-refractivity contribution in [2.75, 3.05) is 20.8 Å². The predicted molar refractivity (Wildman–Crippen MR) is 91.7 cm³/mol. The fraction of sp³-hybridized carbons (Fsp3) is 0.444. The molecule has 6 nitrogen and oxygen atoms in total. The van der Waals surface area contributed by atoms with Crippen LogP contribution in [0.1, 0.15) is 31.2 Å². The number of nitrogens with zero attached hydrogens (tertiary/aromatic N) is 1. The fourth-order valence-electron chi connectivity index (χ4n) is 2.99. The van der Waals surface area contributed by atoms with Crippen LogP contribution in [0.15, 0.2) is 24.3 Å². The molecule has 6 heteroatoms. The SMILES string of the molecule is COc1ccc(C=CC(=O)N(CC(N)=O)C2CCCC2)cc1OC. The molecule has 0 radical (unpaired) electrons. The van der Waals surface area contributed by atoms with Crippen LogP contribution in [0.5, 0.6) is 11.5 Å². The molecule has 2 N–H and O–H groups in total. The molecule has 24 heavy (non-hydrogen) atoms. The van der Waals surface area contributed by atoms with E-state index in [2.05, 4.69) is 0 Å². The Balaban J connectivity index is 2.13. The molecule has 0 saturated heterocycles. The molecule has 0 atom stereocenters. The van der Waals surface area contributed by atoms with Crippen molar-refractivity contribution in [1.29, 1.82) is 0 Å². The van der Waals surface area contributed by atoms with Gasteiger partial charge < -0.3 is 20.1 Å². The summed E-state index contributed by atoms with van der Waals surface area (Å²) in [6, 6.07) is 5.50. The zero-order valence-electron chi connectivity index (χ0n) is 14.2. The van der Waals surface area contributed by atoms with Crippen molar-refractivity contribution >= 4 is 17.9 Å². The van der Waals surface area contributed by atoms with Gasteiger partial charge >= 0.3 is 0 Å². The van der Waals surface area contributed by atoms with Crippen molar-refractivity contribution in [3.63, 3.8) is 0 Å². The first-order valence-electron chi connectivity index (χ1n) is 8.04. The van der Waals surface area contributed by atoms with Gasteiger partial charge in [-0.25, -0.2) is 0 Å². The van der Waals surface area contributed by atoms with Gasteiger partial charge in [0.05, 0.1) is 20.8 Å². The van der Waals surface area contributed by atoms with Crippen LogP contribution in [-0.4, -0.2) is 43.5 Å². The quantitative estimate of drug-likeness (QED) is 0.774. The Morgan fingerprint density at radius 1 is 1.21 bits per heavy atom. The molecule has 0 spiro atoms. The van der Waals surface area contributed by atoms with Crippen molar-refractivity contribution in [2.24, 2.45) is 5.73 Å². The smallest absolute Gasteiger partial charge is 0.247 e. The number of ether oxygens (including phenoxy) is 2. The van der Waals surface area contributed by atoms with E-state index in [0.717, 1.165) is 31.2 Å². The van der Waals surface area contributed by atoms with Crippen LogP contribution in [0.2, 0.25) is 0 Å². The summed E-state index contributed by atoms with van der Waals surface area (Å²) in [6.07, 6.45) is 7.17. The summed E-state index contributed by atoms with van der Waals surface area (Å²) < 4.78 is 10.4. The zero-order valence-corrected chi connectivity index (χ0v) is 14.2. The van der Waals surface area contributed by atoms with Crippen LogP contribution in [0, 0.1) is 0 Å². The molecule has 1 aliphatic rings. The second-order valence-corrected chi connectivity index (χ2v) is 5.82. The van der Waals surface area contributed by atoms with Crippen LogP contribution >= 0.6 is 0 Å². The van der Waals surface area contributed by atoms with E-state index < -0.39 is 5.91 Å². The summed E-state index contributed by atoms with van der Waals surface area (Å²) in [7, 11) is 3.13. The van der Waals surface area contributed by atoms with E-state index in [-0.39, 0.29) is 18.5 Å². The van der Waals surface area contributed by atoms with Gasteiger partial charge in [0, 0.05) is 12.1 Å². The summed E-state index contributed by atoms with van der Waals surface area (Å²) in [5.74, 6) is 0.532. The summed E-state index contributed by atoms with van der Waals surface area (Å²) in [4.78, 5) is 25.3. The lowest BCUT2D eigenvalue weighted by Crippen LogP contribution is -2.43. The number of benzene rings is 1. The molecule has 0 aromatic heterocycles. The summed E-state index contributed by atoms with van der Waals surface area (Å²) in [5, 5.41) is 0. The van der Waals surface area contributed by atoms with E-state index in [9.17, 15) is 9.59 Å². The van der Waals surface area contributed by atoms with Crippen LogP contribution in [0.3, 0.4) is 0 Å². The van der Waals surface area contributed by atoms with Gasteiger partial charge in [-0.2, -0.15) is 0 Å². The number of hydrogen-bond donors (Lipinski definition) is 1. The number of nitrogens with two attached hydrogens (primary N) is 1. The van der Waals surface area contributed by atoms with E-state index in [0.29, 0.717) is 11.5 Å². The first-order chi connectivity index (χ1) is 11.5. The molecule has 0 aliphatic heterocycles. The Bertz CT molecular complexity index is 621. The van der Waals surface area contributed by atoms with Crippen molar-refractivity contribution in [3.8, 4) is 11.5 Å². The number of primary amides is 1. The highest BCUT2D eigenvalue weighted by atomic mass is 16.5. The maximum absolute atomic E-state index is 12.5. The van der Waals surface area contributed by atoms with E-state index in [4.69, 9.17) is 15.2 Å². The molecule has 0 unspecified atom stereocenters. The summed E-state index contributed by atoms with van der Waals surface area (Å²) >= 11 is 0. The third kappa shape index (κ3) is 4.50. The third-order valence-corrected chi connectivity index (χ3v) is 4.20. The first kappa shape index (κ1) is 17.8. The molecule has 1 aliphatic carbocycles.